The predicted octanol–water partition coefficient (Wildman–Crippen LogP) is 4.93. The van der Waals surface area contributed by atoms with E-state index in [1.54, 1.807) is 11.1 Å². The van der Waals surface area contributed by atoms with Crippen LogP contribution in [0.4, 0.5) is 5.69 Å². The lowest BCUT2D eigenvalue weighted by Gasteiger charge is -2.26. The van der Waals surface area contributed by atoms with Crippen molar-refractivity contribution >= 4 is 32.5 Å². The molecule has 1 saturated heterocycles. The number of hydrogen-bond acceptors (Lipinski definition) is 8. The molecule has 0 spiro atoms. The fourth-order valence-corrected chi connectivity index (χ4v) is 8.00. The third-order valence-electron chi connectivity index (χ3n) is 9.47. The zero-order valence-electron chi connectivity index (χ0n) is 25.9. The molecule has 1 amide bonds. The molecule has 10 nitrogen and oxygen atoms in total. The Kier molecular flexibility index (Phi) is 7.54. The third kappa shape index (κ3) is 5.79. The Morgan fingerprint density at radius 1 is 0.936 bits per heavy atom. The average Bonchev–Trinajstić information content (AvgIpc) is 3.87. The largest absolute Gasteiger partial charge is 0.491 e. The number of rotatable bonds is 7. The average molecular weight is 650 g/mol. The van der Waals surface area contributed by atoms with E-state index >= 15 is 0 Å². The third-order valence-corrected chi connectivity index (χ3v) is 11.1. The number of carbonyl (C=O) groups excluding carboxylic acids is 1. The minimum Gasteiger partial charge on any atom is -0.491 e. The molecule has 240 valence electrons. The monoisotopic (exact) mass is 649 g/mol. The van der Waals surface area contributed by atoms with Gasteiger partial charge < -0.3 is 19.7 Å². The Bertz CT molecular complexity index is 2090. The lowest BCUT2D eigenvalue weighted by Crippen LogP contribution is -2.39. The number of nitrogens with one attached hydrogen (secondary N) is 1. The minimum atomic E-state index is -2.92. The number of pyridine rings is 2. The van der Waals surface area contributed by atoms with Gasteiger partial charge >= 0.3 is 0 Å². The van der Waals surface area contributed by atoms with Crippen molar-refractivity contribution in [2.45, 2.75) is 31.9 Å². The zero-order valence-corrected chi connectivity index (χ0v) is 26.7. The fraction of sp³-hybridized carbons (Fsp3) is 0.306. The van der Waals surface area contributed by atoms with E-state index in [-0.39, 0.29) is 24.0 Å². The van der Waals surface area contributed by atoms with E-state index in [2.05, 4.69) is 14.9 Å². The highest BCUT2D eigenvalue weighted by Crippen LogP contribution is 2.43. The molecule has 0 radical (unpaired) electrons. The number of ether oxygens (including phenoxy) is 1. The molecule has 2 N–H and O–H groups in total. The highest BCUT2D eigenvalue weighted by Gasteiger charge is 2.30. The van der Waals surface area contributed by atoms with Crippen molar-refractivity contribution in [3.05, 3.63) is 95.3 Å². The Hall–Kier alpha value is -4.58. The predicted molar refractivity (Wildman–Crippen MR) is 180 cm³/mol. The molecule has 2 aliphatic heterocycles. The van der Waals surface area contributed by atoms with Crippen LogP contribution in [0.2, 0.25) is 0 Å². The molecule has 3 aliphatic rings. The first-order valence-electron chi connectivity index (χ1n) is 16.0. The second-order valence-electron chi connectivity index (χ2n) is 12.6. The van der Waals surface area contributed by atoms with Gasteiger partial charge in [-0.3, -0.25) is 14.7 Å². The number of nitrogens with zero attached hydrogens (tertiary/aromatic N) is 4. The number of benzene rings is 2. The molecule has 0 unspecified atom stereocenters. The highest BCUT2D eigenvalue weighted by molar-refractivity contribution is 7.91. The van der Waals surface area contributed by atoms with Crippen molar-refractivity contribution in [3.8, 4) is 28.3 Å². The number of aromatic nitrogens is 3. The summed E-state index contributed by atoms with van der Waals surface area (Å²) in [4.78, 5) is 30.4. The van der Waals surface area contributed by atoms with Crippen LogP contribution >= 0.6 is 0 Å². The molecule has 5 heterocycles. The summed E-state index contributed by atoms with van der Waals surface area (Å²) in [5.74, 6) is 1.44. The summed E-state index contributed by atoms with van der Waals surface area (Å²) < 4.78 is 29.6. The lowest BCUT2D eigenvalue weighted by molar-refractivity contribution is 0.0989. The molecule has 0 atom stereocenters. The smallest absolute Gasteiger partial charge is 0.262 e. The maximum absolute atomic E-state index is 13.9. The molecule has 1 saturated carbocycles. The van der Waals surface area contributed by atoms with Crippen molar-refractivity contribution in [1.29, 1.82) is 0 Å². The van der Waals surface area contributed by atoms with E-state index in [9.17, 15) is 18.3 Å². The second kappa shape index (κ2) is 11.9. The minimum absolute atomic E-state index is 0.143. The van der Waals surface area contributed by atoms with Crippen LogP contribution in [0.15, 0.2) is 73.1 Å². The van der Waals surface area contributed by atoms with E-state index in [0.29, 0.717) is 66.9 Å². The Morgan fingerprint density at radius 3 is 2.55 bits per heavy atom. The molecule has 8 rings (SSSR count). The summed E-state index contributed by atoms with van der Waals surface area (Å²) in [5, 5.41) is 11.6. The zero-order chi connectivity index (χ0) is 32.1. The van der Waals surface area contributed by atoms with Crippen LogP contribution in [0.5, 0.6) is 5.75 Å². The van der Waals surface area contributed by atoms with Crippen LogP contribution in [-0.2, 0) is 23.0 Å². The van der Waals surface area contributed by atoms with Gasteiger partial charge in [0.1, 0.15) is 18.0 Å². The van der Waals surface area contributed by atoms with Gasteiger partial charge in [0, 0.05) is 43.0 Å². The van der Waals surface area contributed by atoms with E-state index in [1.807, 2.05) is 66.9 Å². The highest BCUT2D eigenvalue weighted by atomic mass is 32.2. The van der Waals surface area contributed by atoms with Gasteiger partial charge in [-0.15, -0.1) is 0 Å². The summed E-state index contributed by atoms with van der Waals surface area (Å²) in [6.07, 6.45) is 5.92. The number of sulfone groups is 1. The van der Waals surface area contributed by atoms with E-state index in [4.69, 9.17) is 9.72 Å². The maximum Gasteiger partial charge on any atom is 0.262 e. The normalized spacial score (nSPS) is 18.1. The van der Waals surface area contributed by atoms with Gasteiger partial charge in [-0.05, 0) is 77.4 Å². The summed E-state index contributed by atoms with van der Waals surface area (Å²) >= 11 is 0. The van der Waals surface area contributed by atoms with Crippen molar-refractivity contribution in [2.24, 2.45) is 0 Å². The molecule has 11 heteroatoms. The van der Waals surface area contributed by atoms with E-state index in [0.717, 1.165) is 33.5 Å². The summed E-state index contributed by atoms with van der Waals surface area (Å²) in [6.45, 7) is 2.18. The molecule has 1 aliphatic carbocycles. The Labute approximate surface area is 273 Å². The Balaban J connectivity index is 1.09. The molecule has 0 bridgehead atoms. The molecule has 2 fully saturated rings. The molecule has 5 aromatic rings. The van der Waals surface area contributed by atoms with Crippen LogP contribution in [0, 0.1) is 0 Å². The first-order chi connectivity index (χ1) is 22.9. The number of fused-ring (bicyclic) bond motifs is 2. The van der Waals surface area contributed by atoms with E-state index < -0.39 is 9.84 Å². The number of carbonyl (C=O) groups is 1. The quantitative estimate of drug-likeness (QED) is 0.254. The number of hydrogen-bond donors (Lipinski definition) is 2. The van der Waals surface area contributed by atoms with Crippen LogP contribution in [-0.4, -0.2) is 77.0 Å². The Morgan fingerprint density at radius 2 is 1.79 bits per heavy atom. The first-order valence-corrected chi connectivity index (χ1v) is 17.9. The summed E-state index contributed by atoms with van der Waals surface area (Å²) in [5.41, 5.74) is 8.03. The second-order valence-corrected chi connectivity index (χ2v) is 14.9. The van der Waals surface area contributed by atoms with Gasteiger partial charge in [0.25, 0.3) is 5.91 Å². The van der Waals surface area contributed by atoms with Gasteiger partial charge in [-0.2, -0.15) is 0 Å². The number of aliphatic hydroxyl groups excluding tert-OH is 1. The van der Waals surface area contributed by atoms with Crippen molar-refractivity contribution < 1.29 is 23.1 Å². The molecular weight excluding hydrogens is 614 g/mol. The number of amides is 1. The summed E-state index contributed by atoms with van der Waals surface area (Å²) in [6, 6.07) is 19.6. The van der Waals surface area contributed by atoms with Gasteiger partial charge in [0.05, 0.1) is 47.3 Å². The van der Waals surface area contributed by atoms with Crippen molar-refractivity contribution in [2.75, 3.05) is 42.6 Å². The fourth-order valence-electron chi connectivity index (χ4n) is 6.72. The SMILES string of the molecule is O=C1c2ccc(C3CC3)cc2OCCN1c1cccc(-c2ccnc3[nH]c(-c4ccc(CN5CCS(=O)(=O)CC5)cn4)cc23)c1CO. The van der Waals surface area contributed by atoms with Gasteiger partial charge in [0.2, 0.25) is 0 Å². The maximum atomic E-state index is 13.9. The van der Waals surface area contributed by atoms with Crippen LogP contribution < -0.4 is 9.64 Å². The summed E-state index contributed by atoms with van der Waals surface area (Å²) in [7, 11) is -2.92. The molecular formula is C36H35N5O5S. The van der Waals surface area contributed by atoms with Crippen LogP contribution in [0.1, 0.15) is 45.8 Å². The standard InChI is InChI=1S/C36H35N5O5S/c42-22-30-26(2-1-3-33(30)41-12-15-46-34-18-25(24-5-6-24)7-8-28(34)36(41)43)27-10-11-37-35-29(27)19-32(39-35)31-9-4-23(20-38-31)21-40-13-16-47(44,45)17-14-40/h1-4,7-11,18-20,24,42H,5-6,12-17,21-22H2,(H,37,39). The number of aromatic amines is 1. The van der Waals surface area contributed by atoms with Crippen molar-refractivity contribution in [3.63, 3.8) is 0 Å². The van der Waals surface area contributed by atoms with Crippen LogP contribution in [0.3, 0.4) is 0 Å². The van der Waals surface area contributed by atoms with Crippen LogP contribution in [0.25, 0.3) is 33.5 Å². The van der Waals surface area contributed by atoms with E-state index in [1.165, 1.54) is 18.4 Å². The molecule has 47 heavy (non-hydrogen) atoms. The van der Waals surface area contributed by atoms with Gasteiger partial charge in [-0.1, -0.05) is 24.3 Å². The molecule has 2 aromatic carbocycles. The number of anilines is 1. The van der Waals surface area contributed by atoms with Gasteiger partial charge in [-0.25, -0.2) is 13.4 Å². The first kappa shape index (κ1) is 29.8. The topological polar surface area (TPSA) is 129 Å². The molecule has 3 aromatic heterocycles. The number of H-pyrrole nitrogens is 1. The number of aliphatic hydroxyl groups is 1. The lowest BCUT2D eigenvalue weighted by atomic mass is 9.96. The van der Waals surface area contributed by atoms with Crippen molar-refractivity contribution in [1.82, 2.24) is 19.9 Å². The van der Waals surface area contributed by atoms with Gasteiger partial charge in [0.15, 0.2) is 9.84 Å².